The van der Waals surface area contributed by atoms with Gasteiger partial charge in [0, 0.05) is 6.07 Å². The lowest BCUT2D eigenvalue weighted by Crippen LogP contribution is -1.99. The second-order valence-electron chi connectivity index (χ2n) is 3.74. The van der Waals surface area contributed by atoms with Crippen molar-refractivity contribution in [2.45, 2.75) is 0 Å². The first-order chi connectivity index (χ1) is 8.97. The Labute approximate surface area is 119 Å². The molecule has 0 saturated heterocycles. The molecule has 2 aromatic carbocycles. The second kappa shape index (κ2) is 5.38. The molecule has 2 aromatic rings. The molecule has 0 spiro atoms. The SMILES string of the molecule is Nc1ccc(C(=O)O)cc1Oc1ccc(Cl)c(Cl)c1. The van der Waals surface area contributed by atoms with Crippen molar-refractivity contribution in [1.29, 1.82) is 0 Å². The van der Waals surface area contributed by atoms with Gasteiger partial charge in [-0.25, -0.2) is 4.79 Å². The molecule has 3 N–H and O–H groups in total. The summed E-state index contributed by atoms with van der Waals surface area (Å²) in [5, 5.41) is 9.66. The van der Waals surface area contributed by atoms with Crippen LogP contribution in [0, 0.1) is 0 Å². The summed E-state index contributed by atoms with van der Waals surface area (Å²) in [4.78, 5) is 10.9. The summed E-state index contributed by atoms with van der Waals surface area (Å²) < 4.78 is 5.50. The van der Waals surface area contributed by atoms with Crippen LogP contribution in [0.25, 0.3) is 0 Å². The third-order valence-electron chi connectivity index (χ3n) is 2.38. The molecular weight excluding hydrogens is 289 g/mol. The highest BCUT2D eigenvalue weighted by Crippen LogP contribution is 2.32. The third-order valence-corrected chi connectivity index (χ3v) is 3.12. The van der Waals surface area contributed by atoms with Crippen LogP contribution >= 0.6 is 23.2 Å². The normalized spacial score (nSPS) is 10.2. The zero-order valence-electron chi connectivity index (χ0n) is 9.56. The fourth-order valence-electron chi connectivity index (χ4n) is 1.42. The van der Waals surface area contributed by atoms with Gasteiger partial charge >= 0.3 is 5.97 Å². The number of ether oxygens (including phenoxy) is 1. The average molecular weight is 298 g/mol. The Morgan fingerprint density at radius 2 is 1.84 bits per heavy atom. The predicted molar refractivity (Wildman–Crippen MR) is 74.3 cm³/mol. The minimum Gasteiger partial charge on any atom is -0.478 e. The number of aromatic carboxylic acids is 1. The fraction of sp³-hybridized carbons (Fsp3) is 0. The maximum absolute atomic E-state index is 10.9. The van der Waals surface area contributed by atoms with E-state index in [0.29, 0.717) is 21.5 Å². The van der Waals surface area contributed by atoms with Gasteiger partial charge in [-0.2, -0.15) is 0 Å². The molecular formula is C13H9Cl2NO3. The molecule has 0 amide bonds. The third kappa shape index (κ3) is 3.10. The maximum atomic E-state index is 10.9. The van der Waals surface area contributed by atoms with Crippen molar-refractivity contribution in [1.82, 2.24) is 0 Å². The van der Waals surface area contributed by atoms with Gasteiger partial charge in [0.1, 0.15) is 5.75 Å². The van der Waals surface area contributed by atoms with E-state index in [0.717, 1.165) is 0 Å². The highest BCUT2D eigenvalue weighted by molar-refractivity contribution is 6.42. The van der Waals surface area contributed by atoms with Crippen LogP contribution in [-0.4, -0.2) is 11.1 Å². The van der Waals surface area contributed by atoms with E-state index in [2.05, 4.69) is 0 Å². The molecule has 2 rings (SSSR count). The summed E-state index contributed by atoms with van der Waals surface area (Å²) in [6.07, 6.45) is 0. The van der Waals surface area contributed by atoms with Gasteiger partial charge in [0.2, 0.25) is 0 Å². The van der Waals surface area contributed by atoms with Crippen LogP contribution in [0.15, 0.2) is 36.4 Å². The van der Waals surface area contributed by atoms with Gasteiger partial charge < -0.3 is 15.6 Å². The van der Waals surface area contributed by atoms with Crippen molar-refractivity contribution in [3.8, 4) is 11.5 Å². The predicted octanol–water partition coefficient (Wildman–Crippen LogP) is 4.07. The van der Waals surface area contributed by atoms with Gasteiger partial charge in [0.15, 0.2) is 5.75 Å². The Bertz CT molecular complexity index is 644. The molecule has 0 unspecified atom stereocenters. The van der Waals surface area contributed by atoms with Crippen LogP contribution in [0.1, 0.15) is 10.4 Å². The Hall–Kier alpha value is -1.91. The van der Waals surface area contributed by atoms with Gasteiger partial charge in [-0.05, 0) is 30.3 Å². The first kappa shape index (κ1) is 13.5. The lowest BCUT2D eigenvalue weighted by molar-refractivity contribution is 0.0696. The summed E-state index contributed by atoms with van der Waals surface area (Å²) in [6.45, 7) is 0. The Morgan fingerprint density at radius 1 is 1.11 bits per heavy atom. The number of rotatable bonds is 3. The van der Waals surface area contributed by atoms with Crippen LogP contribution < -0.4 is 10.5 Å². The first-order valence-electron chi connectivity index (χ1n) is 5.23. The number of benzene rings is 2. The van der Waals surface area contributed by atoms with Crippen molar-refractivity contribution in [3.05, 3.63) is 52.0 Å². The van der Waals surface area contributed by atoms with E-state index in [1.54, 1.807) is 12.1 Å². The topological polar surface area (TPSA) is 72.6 Å². The van der Waals surface area contributed by atoms with Crippen LogP contribution in [0.3, 0.4) is 0 Å². The Kier molecular flexibility index (Phi) is 3.83. The molecule has 4 nitrogen and oxygen atoms in total. The Morgan fingerprint density at radius 3 is 2.47 bits per heavy atom. The number of nitrogen functional groups attached to an aromatic ring is 1. The first-order valence-corrected chi connectivity index (χ1v) is 5.98. The van der Waals surface area contributed by atoms with E-state index in [-0.39, 0.29) is 11.3 Å². The molecule has 0 aliphatic carbocycles. The average Bonchev–Trinajstić information content (AvgIpc) is 2.36. The zero-order valence-corrected chi connectivity index (χ0v) is 11.1. The number of halogens is 2. The highest BCUT2D eigenvalue weighted by atomic mass is 35.5. The molecule has 98 valence electrons. The number of anilines is 1. The van der Waals surface area contributed by atoms with E-state index in [4.69, 9.17) is 38.8 Å². The minimum atomic E-state index is -1.06. The summed E-state index contributed by atoms with van der Waals surface area (Å²) in [7, 11) is 0. The lowest BCUT2D eigenvalue weighted by atomic mass is 10.2. The second-order valence-corrected chi connectivity index (χ2v) is 4.55. The molecule has 0 aliphatic heterocycles. The summed E-state index contributed by atoms with van der Waals surface area (Å²) in [5.74, 6) is -0.388. The lowest BCUT2D eigenvalue weighted by Gasteiger charge is -2.10. The van der Waals surface area contributed by atoms with Crippen LogP contribution in [-0.2, 0) is 0 Å². The quantitative estimate of drug-likeness (QED) is 0.838. The van der Waals surface area contributed by atoms with Gasteiger partial charge in [0.05, 0.1) is 21.3 Å². The molecule has 0 aliphatic rings. The van der Waals surface area contributed by atoms with Crippen LogP contribution in [0.5, 0.6) is 11.5 Å². The summed E-state index contributed by atoms with van der Waals surface area (Å²) in [5.41, 5.74) is 6.15. The standard InChI is InChI=1S/C13H9Cl2NO3/c14-9-3-2-8(6-10(9)15)19-12-5-7(13(17)18)1-4-11(12)16/h1-6H,16H2,(H,17,18). The molecule has 0 bridgehead atoms. The summed E-state index contributed by atoms with van der Waals surface area (Å²) >= 11 is 11.7. The maximum Gasteiger partial charge on any atom is 0.335 e. The smallest absolute Gasteiger partial charge is 0.335 e. The molecule has 0 radical (unpaired) electrons. The van der Waals surface area contributed by atoms with Crippen molar-refractivity contribution in [2.24, 2.45) is 0 Å². The van der Waals surface area contributed by atoms with E-state index in [9.17, 15) is 4.79 Å². The molecule has 0 saturated carbocycles. The van der Waals surface area contributed by atoms with Crippen LogP contribution in [0.4, 0.5) is 5.69 Å². The number of carboxylic acid groups (broad SMARTS) is 1. The zero-order chi connectivity index (χ0) is 14.0. The Balaban J connectivity index is 2.34. The molecule has 0 aromatic heterocycles. The van der Waals surface area contributed by atoms with Crippen LogP contribution in [0.2, 0.25) is 10.0 Å². The summed E-state index contributed by atoms with van der Waals surface area (Å²) in [6, 6.07) is 8.93. The van der Waals surface area contributed by atoms with Crippen molar-refractivity contribution in [3.63, 3.8) is 0 Å². The van der Waals surface area contributed by atoms with Gasteiger partial charge in [-0.1, -0.05) is 23.2 Å². The van der Waals surface area contributed by atoms with Gasteiger partial charge in [-0.3, -0.25) is 0 Å². The molecule has 0 fully saturated rings. The molecule has 19 heavy (non-hydrogen) atoms. The number of carboxylic acids is 1. The highest BCUT2D eigenvalue weighted by Gasteiger charge is 2.09. The van der Waals surface area contributed by atoms with Gasteiger partial charge in [-0.15, -0.1) is 0 Å². The van der Waals surface area contributed by atoms with E-state index < -0.39 is 5.97 Å². The van der Waals surface area contributed by atoms with Crippen molar-refractivity contribution >= 4 is 34.9 Å². The fourth-order valence-corrected chi connectivity index (χ4v) is 1.71. The molecule has 6 heteroatoms. The number of hydrogen-bond acceptors (Lipinski definition) is 3. The van der Waals surface area contributed by atoms with E-state index >= 15 is 0 Å². The van der Waals surface area contributed by atoms with E-state index in [1.807, 2.05) is 0 Å². The number of hydrogen-bond donors (Lipinski definition) is 2. The van der Waals surface area contributed by atoms with Crippen molar-refractivity contribution in [2.75, 3.05) is 5.73 Å². The monoisotopic (exact) mass is 297 g/mol. The largest absolute Gasteiger partial charge is 0.478 e. The van der Waals surface area contributed by atoms with E-state index in [1.165, 1.54) is 24.3 Å². The van der Waals surface area contributed by atoms with Crippen molar-refractivity contribution < 1.29 is 14.6 Å². The molecule has 0 atom stereocenters. The number of carbonyl (C=O) groups is 1. The minimum absolute atomic E-state index is 0.0873. The number of nitrogens with two attached hydrogens (primary N) is 1. The molecule has 0 heterocycles. The van der Waals surface area contributed by atoms with Gasteiger partial charge in [0.25, 0.3) is 0 Å².